The second kappa shape index (κ2) is 4.31. The van der Waals surface area contributed by atoms with Gasteiger partial charge < -0.3 is 5.11 Å². The molecule has 1 aromatic carbocycles. The molecule has 1 heterocycles. The number of piperidine rings is 1. The highest BCUT2D eigenvalue weighted by Crippen LogP contribution is 2.45. The quantitative estimate of drug-likeness (QED) is 0.906. The van der Waals surface area contributed by atoms with Crippen molar-refractivity contribution >= 4 is 16.0 Å². The Balaban J connectivity index is 2.03. The molecule has 1 aromatic rings. The zero-order valence-electron chi connectivity index (χ0n) is 10.3. The molecule has 5 nitrogen and oxygen atoms in total. The molecule has 19 heavy (non-hydrogen) atoms. The zero-order chi connectivity index (χ0) is 13.6. The predicted molar refractivity (Wildman–Crippen MR) is 68.0 cm³/mol. The third-order valence-electron chi connectivity index (χ3n) is 4.10. The van der Waals surface area contributed by atoms with Crippen LogP contribution in [0.1, 0.15) is 19.3 Å². The van der Waals surface area contributed by atoms with Crippen molar-refractivity contribution in [1.82, 2.24) is 4.31 Å². The van der Waals surface area contributed by atoms with Gasteiger partial charge in [-0.3, -0.25) is 4.79 Å². The van der Waals surface area contributed by atoms with Gasteiger partial charge in [0, 0.05) is 6.04 Å². The molecule has 0 radical (unpaired) electrons. The minimum atomic E-state index is -3.71. The summed E-state index contributed by atoms with van der Waals surface area (Å²) in [7, 11) is -3.71. The van der Waals surface area contributed by atoms with Crippen molar-refractivity contribution in [3.63, 3.8) is 0 Å². The van der Waals surface area contributed by atoms with Gasteiger partial charge in [0.15, 0.2) is 0 Å². The smallest absolute Gasteiger partial charge is 0.322 e. The first-order valence-corrected chi connectivity index (χ1v) is 7.77. The summed E-state index contributed by atoms with van der Waals surface area (Å²) in [5, 5.41) is 9.31. The second-order valence-electron chi connectivity index (χ2n) is 5.16. The van der Waals surface area contributed by atoms with Gasteiger partial charge in [-0.05, 0) is 37.3 Å². The van der Waals surface area contributed by atoms with E-state index >= 15 is 0 Å². The maximum absolute atomic E-state index is 12.6. The lowest BCUT2D eigenvalue weighted by molar-refractivity contribution is -0.142. The molecule has 102 valence electrons. The van der Waals surface area contributed by atoms with Crippen molar-refractivity contribution in [2.75, 3.05) is 0 Å². The molecule has 0 amide bonds. The maximum Gasteiger partial charge on any atom is 0.322 e. The van der Waals surface area contributed by atoms with Crippen LogP contribution in [0.3, 0.4) is 0 Å². The fourth-order valence-corrected chi connectivity index (χ4v) is 5.20. The van der Waals surface area contributed by atoms with Crippen molar-refractivity contribution in [2.45, 2.75) is 36.2 Å². The summed E-state index contributed by atoms with van der Waals surface area (Å²) in [6, 6.07) is 7.01. The fraction of sp³-hybridized carbons (Fsp3) is 0.462. The number of benzene rings is 1. The first-order valence-electron chi connectivity index (χ1n) is 6.33. The molecule has 3 rings (SSSR count). The number of hydrogen-bond donors (Lipinski definition) is 1. The minimum Gasteiger partial charge on any atom is -0.480 e. The first-order chi connectivity index (χ1) is 9.01. The molecule has 0 spiro atoms. The number of carbonyl (C=O) groups is 1. The summed E-state index contributed by atoms with van der Waals surface area (Å²) in [5.74, 6) is -1.08. The summed E-state index contributed by atoms with van der Waals surface area (Å²) in [6.07, 6.45) is 2.24. The van der Waals surface area contributed by atoms with Gasteiger partial charge in [-0.2, -0.15) is 4.31 Å². The van der Waals surface area contributed by atoms with E-state index in [4.69, 9.17) is 0 Å². The topological polar surface area (TPSA) is 74.7 Å². The van der Waals surface area contributed by atoms with Crippen LogP contribution >= 0.6 is 0 Å². The number of fused-ring (bicyclic) bond motifs is 2. The highest BCUT2D eigenvalue weighted by atomic mass is 32.2. The lowest BCUT2D eigenvalue weighted by Crippen LogP contribution is -2.48. The molecule has 3 atom stereocenters. The molecule has 2 aliphatic rings. The van der Waals surface area contributed by atoms with Crippen LogP contribution < -0.4 is 0 Å². The average Bonchev–Trinajstić information content (AvgIpc) is 3.00. The molecule has 6 heteroatoms. The molecular formula is C13H15NO4S. The molecule has 1 N–H and O–H groups in total. The highest BCUT2D eigenvalue weighted by molar-refractivity contribution is 7.89. The molecule has 2 bridgehead atoms. The van der Waals surface area contributed by atoms with E-state index in [1.165, 1.54) is 16.4 Å². The number of aliphatic carboxylic acids is 1. The van der Waals surface area contributed by atoms with E-state index in [1.54, 1.807) is 18.2 Å². The normalized spacial score (nSPS) is 30.6. The number of carboxylic acid groups (broad SMARTS) is 1. The fourth-order valence-electron chi connectivity index (χ4n) is 3.31. The van der Waals surface area contributed by atoms with E-state index < -0.39 is 22.0 Å². The van der Waals surface area contributed by atoms with Crippen molar-refractivity contribution in [2.24, 2.45) is 5.92 Å². The van der Waals surface area contributed by atoms with Crippen LogP contribution in [0.5, 0.6) is 0 Å². The van der Waals surface area contributed by atoms with Gasteiger partial charge in [-0.25, -0.2) is 8.42 Å². The third kappa shape index (κ3) is 1.86. The Bertz CT molecular complexity index is 598. The molecule has 0 aromatic heterocycles. The van der Waals surface area contributed by atoms with E-state index in [2.05, 4.69) is 0 Å². The Morgan fingerprint density at radius 2 is 1.89 bits per heavy atom. The van der Waals surface area contributed by atoms with Crippen molar-refractivity contribution in [3.8, 4) is 0 Å². The molecule has 0 unspecified atom stereocenters. The number of nitrogens with zero attached hydrogens (tertiary/aromatic N) is 1. The van der Waals surface area contributed by atoms with E-state index in [0.29, 0.717) is 6.42 Å². The van der Waals surface area contributed by atoms with Crippen molar-refractivity contribution < 1.29 is 18.3 Å². The Labute approximate surface area is 111 Å². The first kappa shape index (κ1) is 12.6. The van der Waals surface area contributed by atoms with Crippen molar-refractivity contribution in [3.05, 3.63) is 30.3 Å². The van der Waals surface area contributed by atoms with Crippen LogP contribution in [0, 0.1) is 5.92 Å². The van der Waals surface area contributed by atoms with Crippen LogP contribution in [0.15, 0.2) is 35.2 Å². The molecular weight excluding hydrogens is 266 g/mol. The Kier molecular flexibility index (Phi) is 2.87. The van der Waals surface area contributed by atoms with Gasteiger partial charge in [-0.15, -0.1) is 0 Å². The number of sulfonamides is 1. The van der Waals surface area contributed by atoms with Gasteiger partial charge >= 0.3 is 5.97 Å². The predicted octanol–water partition coefficient (Wildman–Crippen LogP) is 1.31. The van der Waals surface area contributed by atoms with Gasteiger partial charge in [0.1, 0.15) is 6.04 Å². The van der Waals surface area contributed by atoms with Gasteiger partial charge in [0.2, 0.25) is 10.0 Å². The van der Waals surface area contributed by atoms with Crippen LogP contribution in [0.25, 0.3) is 0 Å². The third-order valence-corrected chi connectivity index (χ3v) is 6.05. The summed E-state index contributed by atoms with van der Waals surface area (Å²) in [4.78, 5) is 11.5. The minimum absolute atomic E-state index is 0.0408. The standard InChI is InChI=1S/C13H15NO4S/c15-13(16)12-9-6-7-10(8-9)14(12)19(17,18)11-4-2-1-3-5-11/h1-5,9-10,12H,6-8H2,(H,15,16)/t9-,10-,12+/m0/s1. The second-order valence-corrected chi connectivity index (χ2v) is 7.00. The molecule has 2 fully saturated rings. The lowest BCUT2D eigenvalue weighted by Gasteiger charge is -2.31. The monoisotopic (exact) mass is 281 g/mol. The van der Waals surface area contributed by atoms with E-state index in [9.17, 15) is 18.3 Å². The summed E-state index contributed by atoms with van der Waals surface area (Å²) in [5.41, 5.74) is 0. The highest BCUT2D eigenvalue weighted by Gasteiger charge is 2.54. The maximum atomic E-state index is 12.6. The summed E-state index contributed by atoms with van der Waals surface area (Å²) in [6.45, 7) is 0. The average molecular weight is 281 g/mol. The van der Waals surface area contributed by atoms with Gasteiger partial charge in [0.05, 0.1) is 4.90 Å². The van der Waals surface area contributed by atoms with E-state index in [0.717, 1.165) is 12.8 Å². The Hall–Kier alpha value is -1.40. The summed E-state index contributed by atoms with van der Waals surface area (Å²) >= 11 is 0. The number of carboxylic acids is 1. The zero-order valence-corrected chi connectivity index (χ0v) is 11.1. The van der Waals surface area contributed by atoms with Gasteiger partial charge in [0.25, 0.3) is 0 Å². The molecule has 1 saturated heterocycles. The lowest BCUT2D eigenvalue weighted by atomic mass is 10.0. The summed E-state index contributed by atoms with van der Waals surface area (Å²) < 4.78 is 26.4. The Morgan fingerprint density at radius 1 is 1.21 bits per heavy atom. The SMILES string of the molecule is O=C(O)[C@H]1[C@H]2CC[C@@H](C2)N1S(=O)(=O)c1ccccc1. The van der Waals surface area contributed by atoms with Gasteiger partial charge in [-0.1, -0.05) is 18.2 Å². The molecule has 1 aliphatic carbocycles. The van der Waals surface area contributed by atoms with Crippen LogP contribution in [0.2, 0.25) is 0 Å². The molecule has 1 aliphatic heterocycles. The van der Waals surface area contributed by atoms with Crippen LogP contribution in [0.4, 0.5) is 0 Å². The van der Waals surface area contributed by atoms with Crippen molar-refractivity contribution in [1.29, 1.82) is 0 Å². The molecule has 1 saturated carbocycles. The van der Waals surface area contributed by atoms with E-state index in [-0.39, 0.29) is 16.9 Å². The number of hydrogen-bond acceptors (Lipinski definition) is 3. The van der Waals surface area contributed by atoms with Crippen LogP contribution in [-0.4, -0.2) is 35.9 Å². The Morgan fingerprint density at radius 3 is 2.53 bits per heavy atom. The largest absolute Gasteiger partial charge is 0.480 e. The van der Waals surface area contributed by atoms with Crippen LogP contribution in [-0.2, 0) is 14.8 Å². The van der Waals surface area contributed by atoms with E-state index in [1.807, 2.05) is 0 Å². The number of rotatable bonds is 3.